The van der Waals surface area contributed by atoms with Gasteiger partial charge in [-0.3, -0.25) is 0 Å². The minimum Gasteiger partial charge on any atom is -0.336 e. The summed E-state index contributed by atoms with van der Waals surface area (Å²) in [6.45, 7) is 16.3. The van der Waals surface area contributed by atoms with Gasteiger partial charge in [0, 0.05) is 22.5 Å². The molecule has 0 saturated heterocycles. The zero-order valence-electron chi connectivity index (χ0n) is 18.2. The number of hydrogen-bond acceptors (Lipinski definition) is 1. The molecule has 0 amide bonds. The first-order valence-electron chi connectivity index (χ1n) is 10.2. The standard InChI is InChI=1S/C26H31NSi/c1-18-15-19(2)17-20(16-18)27(26(3,4)5)22-12-10-14-24-25(22)21-11-8-9-13-23(21)28(24,6)7/h8-17H,1-7H3. The van der Waals surface area contributed by atoms with E-state index in [-0.39, 0.29) is 5.54 Å². The Morgan fingerprint density at radius 1 is 0.750 bits per heavy atom. The van der Waals surface area contributed by atoms with Crippen LogP contribution in [0.5, 0.6) is 0 Å². The smallest absolute Gasteiger partial charge is 0.113 e. The summed E-state index contributed by atoms with van der Waals surface area (Å²) in [4.78, 5) is 2.54. The van der Waals surface area contributed by atoms with Gasteiger partial charge in [-0.25, -0.2) is 0 Å². The topological polar surface area (TPSA) is 3.24 Å². The molecule has 0 saturated carbocycles. The first kappa shape index (κ1) is 19.0. The van der Waals surface area contributed by atoms with Gasteiger partial charge in [-0.05, 0) is 79.9 Å². The lowest BCUT2D eigenvalue weighted by Gasteiger charge is -2.39. The highest BCUT2D eigenvalue weighted by atomic mass is 28.3. The van der Waals surface area contributed by atoms with E-state index in [1.54, 1.807) is 10.4 Å². The first-order chi connectivity index (χ1) is 13.1. The number of hydrogen-bond donors (Lipinski definition) is 0. The lowest BCUT2D eigenvalue weighted by Crippen LogP contribution is -2.49. The Bertz CT molecular complexity index is 1040. The van der Waals surface area contributed by atoms with E-state index < -0.39 is 8.07 Å². The van der Waals surface area contributed by atoms with Crippen LogP contribution in [0.3, 0.4) is 0 Å². The lowest BCUT2D eigenvalue weighted by molar-refractivity contribution is 0.560. The van der Waals surface area contributed by atoms with Crippen LogP contribution in [0.25, 0.3) is 11.1 Å². The summed E-state index contributed by atoms with van der Waals surface area (Å²) < 4.78 is 0. The largest absolute Gasteiger partial charge is 0.336 e. The number of aryl methyl sites for hydroxylation is 2. The second-order valence-corrected chi connectivity index (χ2v) is 14.0. The molecule has 0 unspecified atom stereocenters. The van der Waals surface area contributed by atoms with Gasteiger partial charge in [0.25, 0.3) is 0 Å². The monoisotopic (exact) mass is 385 g/mol. The third-order valence-corrected chi connectivity index (χ3v) is 9.51. The molecule has 0 spiro atoms. The van der Waals surface area contributed by atoms with E-state index in [2.05, 4.69) is 113 Å². The van der Waals surface area contributed by atoms with Crippen molar-refractivity contribution < 1.29 is 0 Å². The zero-order chi connectivity index (χ0) is 20.3. The maximum atomic E-state index is 2.54. The van der Waals surface area contributed by atoms with Crippen molar-refractivity contribution >= 4 is 29.8 Å². The highest BCUT2D eigenvalue weighted by Gasteiger charge is 2.40. The third-order valence-electron chi connectivity index (χ3n) is 5.96. The highest BCUT2D eigenvalue weighted by molar-refractivity contribution is 7.04. The third kappa shape index (κ3) is 2.91. The minimum absolute atomic E-state index is 0.0292. The molecule has 144 valence electrons. The maximum absolute atomic E-state index is 2.54. The zero-order valence-corrected chi connectivity index (χ0v) is 19.2. The number of rotatable bonds is 2. The Kier molecular flexibility index (Phi) is 4.31. The van der Waals surface area contributed by atoms with E-state index in [1.807, 2.05) is 0 Å². The van der Waals surface area contributed by atoms with Crippen LogP contribution in [-0.4, -0.2) is 13.6 Å². The molecule has 0 aliphatic carbocycles. The fourth-order valence-corrected chi connectivity index (χ4v) is 7.97. The molecule has 1 aliphatic rings. The van der Waals surface area contributed by atoms with Gasteiger partial charge in [-0.15, -0.1) is 0 Å². The Labute approximate surface area is 171 Å². The number of fused-ring (bicyclic) bond motifs is 3. The molecule has 0 fully saturated rings. The summed E-state index contributed by atoms with van der Waals surface area (Å²) in [5, 5.41) is 3.12. The van der Waals surface area contributed by atoms with E-state index >= 15 is 0 Å². The highest BCUT2D eigenvalue weighted by Crippen LogP contribution is 2.42. The molecule has 0 radical (unpaired) electrons. The quantitative estimate of drug-likeness (QED) is 0.486. The van der Waals surface area contributed by atoms with Crippen LogP contribution in [0.2, 0.25) is 13.1 Å². The van der Waals surface area contributed by atoms with Crippen molar-refractivity contribution in [2.45, 2.75) is 53.3 Å². The molecular weight excluding hydrogens is 354 g/mol. The molecule has 1 nitrogen and oxygen atoms in total. The van der Waals surface area contributed by atoms with E-state index in [1.165, 1.54) is 33.6 Å². The average molecular weight is 386 g/mol. The van der Waals surface area contributed by atoms with Crippen LogP contribution in [-0.2, 0) is 0 Å². The van der Waals surface area contributed by atoms with Crippen LogP contribution in [0.1, 0.15) is 31.9 Å². The van der Waals surface area contributed by atoms with Crippen molar-refractivity contribution in [1.82, 2.24) is 0 Å². The molecule has 3 aromatic carbocycles. The Balaban J connectivity index is 2.03. The van der Waals surface area contributed by atoms with E-state index in [0.29, 0.717) is 0 Å². The number of benzene rings is 3. The molecule has 1 heterocycles. The summed E-state index contributed by atoms with van der Waals surface area (Å²) in [5.41, 5.74) is 8.09. The number of anilines is 2. The Morgan fingerprint density at radius 2 is 1.36 bits per heavy atom. The molecule has 3 aromatic rings. The predicted octanol–water partition coefficient (Wildman–Crippen LogP) is 6.04. The fourth-order valence-electron chi connectivity index (χ4n) is 4.89. The van der Waals surface area contributed by atoms with E-state index in [0.717, 1.165) is 0 Å². The van der Waals surface area contributed by atoms with Crippen molar-refractivity contribution in [2.24, 2.45) is 0 Å². The molecule has 0 bridgehead atoms. The van der Waals surface area contributed by atoms with Gasteiger partial charge in [0.2, 0.25) is 0 Å². The molecule has 4 rings (SSSR count). The van der Waals surface area contributed by atoms with Gasteiger partial charge in [0.05, 0.1) is 0 Å². The molecule has 28 heavy (non-hydrogen) atoms. The van der Waals surface area contributed by atoms with Crippen molar-refractivity contribution in [2.75, 3.05) is 4.90 Å². The Hall–Kier alpha value is -2.32. The number of nitrogens with zero attached hydrogens (tertiary/aromatic N) is 1. The van der Waals surface area contributed by atoms with Crippen molar-refractivity contribution in [3.63, 3.8) is 0 Å². The Morgan fingerprint density at radius 3 is 2.00 bits per heavy atom. The van der Waals surface area contributed by atoms with Crippen LogP contribution in [0.4, 0.5) is 11.4 Å². The molecule has 0 atom stereocenters. The second kappa shape index (κ2) is 6.35. The predicted molar refractivity (Wildman–Crippen MR) is 126 cm³/mol. The van der Waals surface area contributed by atoms with Gasteiger partial charge in [0.1, 0.15) is 8.07 Å². The minimum atomic E-state index is -1.67. The van der Waals surface area contributed by atoms with Gasteiger partial charge < -0.3 is 4.90 Å². The van der Waals surface area contributed by atoms with Crippen LogP contribution < -0.4 is 15.3 Å². The van der Waals surface area contributed by atoms with Crippen molar-refractivity contribution in [1.29, 1.82) is 0 Å². The normalized spacial score (nSPS) is 14.5. The van der Waals surface area contributed by atoms with E-state index in [4.69, 9.17) is 0 Å². The fraction of sp³-hybridized carbons (Fsp3) is 0.308. The maximum Gasteiger partial charge on any atom is 0.113 e. The van der Waals surface area contributed by atoms with E-state index in [9.17, 15) is 0 Å². The summed E-state index contributed by atoms with van der Waals surface area (Å²) in [5.74, 6) is 0. The van der Waals surface area contributed by atoms with Crippen LogP contribution in [0, 0.1) is 13.8 Å². The summed E-state index contributed by atoms with van der Waals surface area (Å²) in [6, 6.07) is 22.9. The molecule has 1 aliphatic heterocycles. The van der Waals surface area contributed by atoms with Crippen molar-refractivity contribution in [3.8, 4) is 11.1 Å². The van der Waals surface area contributed by atoms with Gasteiger partial charge in [-0.2, -0.15) is 0 Å². The summed E-state index contributed by atoms with van der Waals surface area (Å²) in [6.07, 6.45) is 0. The average Bonchev–Trinajstić information content (AvgIpc) is 2.82. The molecule has 0 N–H and O–H groups in total. The first-order valence-corrected chi connectivity index (χ1v) is 13.2. The van der Waals surface area contributed by atoms with Gasteiger partial charge in [-0.1, -0.05) is 55.6 Å². The SMILES string of the molecule is Cc1cc(C)cc(N(c2cccc3c2-c2ccccc2[Si]3(C)C)C(C)(C)C)c1. The summed E-state index contributed by atoms with van der Waals surface area (Å²) in [7, 11) is -1.67. The molecule has 2 heteroatoms. The lowest BCUT2D eigenvalue weighted by atomic mass is 9.97. The van der Waals surface area contributed by atoms with Gasteiger partial charge >= 0.3 is 0 Å². The summed E-state index contributed by atoms with van der Waals surface area (Å²) >= 11 is 0. The molecular formula is C26H31NSi. The molecule has 0 aromatic heterocycles. The van der Waals surface area contributed by atoms with Gasteiger partial charge in [0.15, 0.2) is 0 Å². The van der Waals surface area contributed by atoms with Crippen LogP contribution >= 0.6 is 0 Å². The second-order valence-electron chi connectivity index (χ2n) is 9.72. The van der Waals surface area contributed by atoms with Crippen molar-refractivity contribution in [3.05, 3.63) is 71.8 Å². The van der Waals surface area contributed by atoms with Crippen LogP contribution in [0.15, 0.2) is 60.7 Å².